The lowest BCUT2D eigenvalue weighted by Gasteiger charge is -2.43. The number of hydrogen-bond acceptors (Lipinski definition) is 0. The van der Waals surface area contributed by atoms with Gasteiger partial charge in [0.25, 0.3) is 0 Å². The van der Waals surface area contributed by atoms with Crippen molar-refractivity contribution < 1.29 is 0 Å². The summed E-state index contributed by atoms with van der Waals surface area (Å²) in [6.07, 6.45) is 11.6. The maximum absolute atomic E-state index is 2.69. The van der Waals surface area contributed by atoms with Gasteiger partial charge in [-0.2, -0.15) is 0 Å². The van der Waals surface area contributed by atoms with Crippen LogP contribution in [0.2, 0.25) is 0 Å². The average molecular weight is 294 g/mol. The van der Waals surface area contributed by atoms with Crippen LogP contribution in [0.5, 0.6) is 0 Å². The number of allylic oxidation sites excluding steroid dienone is 2. The lowest BCUT2D eigenvalue weighted by molar-refractivity contribution is 0.0486. The summed E-state index contributed by atoms with van der Waals surface area (Å²) in [6, 6.07) is 0. The minimum absolute atomic E-state index is 1.01. The van der Waals surface area contributed by atoms with E-state index in [1.807, 2.05) is 0 Å². The first-order valence-corrected chi connectivity index (χ1v) is 10.4. The molecule has 0 radical (unpaired) electrons. The molecule has 0 N–H and O–H groups in total. The summed E-state index contributed by atoms with van der Waals surface area (Å²) in [5.41, 5.74) is 0. The van der Waals surface area contributed by atoms with E-state index >= 15 is 0 Å². The molecule has 118 valence electrons. The van der Waals surface area contributed by atoms with E-state index < -0.39 is 0 Å². The van der Waals surface area contributed by atoms with Crippen LogP contribution in [0, 0.1) is 82.9 Å². The molecule has 0 aromatic heterocycles. The third-order valence-electron chi connectivity index (χ3n) is 10.8. The van der Waals surface area contributed by atoms with Gasteiger partial charge in [0, 0.05) is 0 Å². The Morgan fingerprint density at radius 3 is 2.05 bits per heavy atom. The molecule has 6 bridgehead atoms. The Labute approximate surface area is 135 Å². The van der Waals surface area contributed by atoms with Crippen LogP contribution in [0.4, 0.5) is 0 Å². The van der Waals surface area contributed by atoms with Crippen LogP contribution in [0.3, 0.4) is 0 Å². The quantitative estimate of drug-likeness (QED) is 0.442. The molecule has 7 rings (SSSR count). The molecule has 0 heteroatoms. The van der Waals surface area contributed by atoms with E-state index in [1.165, 1.54) is 11.8 Å². The molecule has 22 heavy (non-hydrogen) atoms. The van der Waals surface area contributed by atoms with Gasteiger partial charge in [-0.15, -0.1) is 0 Å². The highest BCUT2D eigenvalue weighted by atomic mass is 14.8. The van der Waals surface area contributed by atoms with E-state index in [1.54, 1.807) is 25.7 Å². The van der Waals surface area contributed by atoms with Crippen LogP contribution in [-0.2, 0) is 0 Å². The molecule has 0 aromatic carbocycles. The minimum atomic E-state index is 1.01. The molecule has 7 aliphatic carbocycles. The lowest BCUT2D eigenvalue weighted by Crippen LogP contribution is -2.38. The normalized spacial score (nSPS) is 74.8. The Morgan fingerprint density at radius 1 is 0.545 bits per heavy atom. The van der Waals surface area contributed by atoms with Gasteiger partial charge in [0.15, 0.2) is 0 Å². The minimum Gasteiger partial charge on any atom is -0.0848 e. The second-order valence-corrected chi connectivity index (χ2v) is 10.6. The zero-order chi connectivity index (χ0) is 14.3. The molecular formula is C22H30. The smallest absolute Gasteiger partial charge is 0.0194 e. The Morgan fingerprint density at radius 2 is 1.23 bits per heavy atom. The zero-order valence-corrected chi connectivity index (χ0v) is 14.1. The van der Waals surface area contributed by atoms with Crippen molar-refractivity contribution >= 4 is 0 Å². The average Bonchev–Trinajstić information content (AvgIpc) is 3.29. The molecule has 0 saturated heterocycles. The lowest BCUT2D eigenvalue weighted by atomic mass is 9.62. The summed E-state index contributed by atoms with van der Waals surface area (Å²) in [5.74, 6) is 15.7. The second kappa shape index (κ2) is 3.55. The molecular weight excluding hydrogens is 264 g/mol. The van der Waals surface area contributed by atoms with Crippen LogP contribution >= 0.6 is 0 Å². The van der Waals surface area contributed by atoms with Gasteiger partial charge in [-0.3, -0.25) is 0 Å². The Bertz CT molecular complexity index is 575. The summed E-state index contributed by atoms with van der Waals surface area (Å²) in [4.78, 5) is 0. The number of fused-ring (bicyclic) bond motifs is 18. The number of rotatable bonds is 0. The fourth-order valence-corrected chi connectivity index (χ4v) is 10.8. The van der Waals surface area contributed by atoms with Crippen molar-refractivity contribution in [2.45, 2.75) is 39.5 Å². The fraction of sp³-hybridized carbons (Fsp3) is 0.909. The molecule has 0 aromatic rings. The standard InChI is InChI=1S/C22H30/c1-9-13-5-6-14(9)21-18-10(2)17(20(13)21)16-8-15-11-3-4-12(7-11)19(15)22(16)18/h3-4,9-22H,5-8H2,1-2H3. The second-order valence-electron chi connectivity index (χ2n) is 10.6. The molecule has 0 spiro atoms. The first-order valence-electron chi connectivity index (χ1n) is 10.4. The summed E-state index contributed by atoms with van der Waals surface area (Å²) < 4.78 is 0. The molecule has 7 aliphatic rings. The van der Waals surface area contributed by atoms with Crippen LogP contribution in [0.15, 0.2) is 12.2 Å². The summed E-state index contributed by atoms with van der Waals surface area (Å²) >= 11 is 0. The fourth-order valence-electron chi connectivity index (χ4n) is 10.8. The highest BCUT2D eigenvalue weighted by molar-refractivity contribution is 5.25. The molecule has 0 aliphatic heterocycles. The van der Waals surface area contributed by atoms with E-state index in [0.29, 0.717) is 0 Å². The van der Waals surface area contributed by atoms with E-state index in [9.17, 15) is 0 Å². The van der Waals surface area contributed by atoms with E-state index in [2.05, 4.69) is 26.0 Å². The van der Waals surface area contributed by atoms with Gasteiger partial charge in [-0.25, -0.2) is 0 Å². The highest BCUT2D eigenvalue weighted by Gasteiger charge is 2.74. The first-order chi connectivity index (χ1) is 10.8. The Kier molecular flexibility index (Phi) is 1.96. The maximum Gasteiger partial charge on any atom is -0.0194 e. The van der Waals surface area contributed by atoms with Crippen molar-refractivity contribution in [2.75, 3.05) is 0 Å². The van der Waals surface area contributed by atoms with Crippen LogP contribution < -0.4 is 0 Å². The van der Waals surface area contributed by atoms with Gasteiger partial charge in [-0.1, -0.05) is 26.0 Å². The first kappa shape index (κ1) is 12.2. The van der Waals surface area contributed by atoms with Crippen molar-refractivity contribution in [3.05, 3.63) is 12.2 Å². The van der Waals surface area contributed by atoms with Gasteiger partial charge in [0.05, 0.1) is 0 Å². The van der Waals surface area contributed by atoms with Gasteiger partial charge in [-0.05, 0) is 109 Å². The Hall–Kier alpha value is -0.260. The van der Waals surface area contributed by atoms with Crippen molar-refractivity contribution in [3.63, 3.8) is 0 Å². The van der Waals surface area contributed by atoms with Crippen molar-refractivity contribution in [2.24, 2.45) is 82.9 Å². The van der Waals surface area contributed by atoms with Crippen LogP contribution in [-0.4, -0.2) is 0 Å². The van der Waals surface area contributed by atoms with Crippen LogP contribution in [0.1, 0.15) is 39.5 Å². The van der Waals surface area contributed by atoms with Gasteiger partial charge >= 0.3 is 0 Å². The third-order valence-corrected chi connectivity index (χ3v) is 10.8. The zero-order valence-electron chi connectivity index (χ0n) is 14.1. The summed E-state index contributed by atoms with van der Waals surface area (Å²) in [5, 5.41) is 0. The van der Waals surface area contributed by atoms with E-state index in [0.717, 1.165) is 71.0 Å². The van der Waals surface area contributed by atoms with Crippen LogP contribution in [0.25, 0.3) is 0 Å². The van der Waals surface area contributed by atoms with E-state index in [4.69, 9.17) is 0 Å². The molecule has 0 nitrogen and oxygen atoms in total. The van der Waals surface area contributed by atoms with E-state index in [-0.39, 0.29) is 0 Å². The van der Waals surface area contributed by atoms with Gasteiger partial charge in [0.2, 0.25) is 0 Å². The van der Waals surface area contributed by atoms with Gasteiger partial charge in [0.1, 0.15) is 0 Å². The predicted molar refractivity (Wildman–Crippen MR) is 87.8 cm³/mol. The summed E-state index contributed by atoms with van der Waals surface area (Å²) in [6.45, 7) is 5.32. The maximum atomic E-state index is 2.69. The number of hydrogen-bond donors (Lipinski definition) is 0. The van der Waals surface area contributed by atoms with Crippen molar-refractivity contribution in [1.82, 2.24) is 0 Å². The highest BCUT2D eigenvalue weighted by Crippen LogP contribution is 2.79. The monoisotopic (exact) mass is 294 g/mol. The molecule has 14 atom stereocenters. The SMILES string of the molecule is CC1C2CCC1C1C3C(C)C(C4CC5C6C=CC(C6)C5C43)C21. The largest absolute Gasteiger partial charge is 0.0848 e. The third kappa shape index (κ3) is 1.04. The van der Waals surface area contributed by atoms with Crippen molar-refractivity contribution in [1.29, 1.82) is 0 Å². The summed E-state index contributed by atoms with van der Waals surface area (Å²) in [7, 11) is 0. The van der Waals surface area contributed by atoms with Gasteiger partial charge < -0.3 is 0 Å². The topological polar surface area (TPSA) is 0 Å². The molecule has 6 saturated carbocycles. The predicted octanol–water partition coefficient (Wildman–Crippen LogP) is 4.86. The molecule has 14 unspecified atom stereocenters. The molecule has 6 fully saturated rings. The molecule has 0 amide bonds. The molecule has 0 heterocycles. The van der Waals surface area contributed by atoms with Crippen molar-refractivity contribution in [3.8, 4) is 0 Å². The Balaban J connectivity index is 1.34.